The highest BCUT2D eigenvalue weighted by atomic mass is 35.5. The molecule has 3 atom stereocenters. The maximum absolute atomic E-state index is 13.7. The number of hydrogen-bond acceptors (Lipinski definition) is 5. The lowest BCUT2D eigenvalue weighted by atomic mass is 9.93. The lowest BCUT2D eigenvalue weighted by Crippen LogP contribution is -2.46. The Balaban J connectivity index is 2.87. The third-order valence-corrected chi connectivity index (χ3v) is 4.69. The molecule has 0 aliphatic rings. The van der Waals surface area contributed by atoms with Crippen molar-refractivity contribution in [3.8, 4) is 5.75 Å². The van der Waals surface area contributed by atoms with E-state index in [-0.39, 0.29) is 16.7 Å². The highest BCUT2D eigenvalue weighted by molar-refractivity contribution is 6.30. The number of amides is 1. The number of carbonyl (C=O) groups is 2. The molecule has 170 valence electrons. The van der Waals surface area contributed by atoms with Gasteiger partial charge in [-0.1, -0.05) is 25.4 Å². The van der Waals surface area contributed by atoms with E-state index >= 15 is 0 Å². The first kappa shape index (κ1) is 26.0. The molecule has 1 amide bonds. The molecule has 0 aliphatic heterocycles. The number of benzene rings is 1. The zero-order chi connectivity index (χ0) is 23.1. The predicted octanol–water partition coefficient (Wildman–Crippen LogP) is 5.51. The Morgan fingerprint density at radius 1 is 1.13 bits per heavy atom. The number of halogens is 2. The first-order valence-corrected chi connectivity index (χ1v) is 10.6. The van der Waals surface area contributed by atoms with Crippen molar-refractivity contribution in [1.29, 1.82) is 0 Å². The van der Waals surface area contributed by atoms with Crippen LogP contribution >= 0.6 is 11.6 Å². The molecular weight excluding hydrogens is 413 g/mol. The summed E-state index contributed by atoms with van der Waals surface area (Å²) in [4.78, 5) is 24.4. The van der Waals surface area contributed by atoms with Crippen LogP contribution in [0.3, 0.4) is 0 Å². The second kappa shape index (κ2) is 11.4. The summed E-state index contributed by atoms with van der Waals surface area (Å²) < 4.78 is 30.4. The molecule has 0 bridgehead atoms. The Morgan fingerprint density at radius 2 is 1.73 bits per heavy atom. The first-order chi connectivity index (χ1) is 13.9. The quantitative estimate of drug-likeness (QED) is 0.507. The Morgan fingerprint density at radius 3 is 2.23 bits per heavy atom. The molecule has 1 aromatic rings. The number of rotatable bonds is 9. The average Bonchev–Trinajstić information content (AvgIpc) is 2.59. The van der Waals surface area contributed by atoms with Gasteiger partial charge in [0.2, 0.25) is 0 Å². The van der Waals surface area contributed by atoms with Crippen molar-refractivity contribution in [2.24, 2.45) is 5.92 Å². The summed E-state index contributed by atoms with van der Waals surface area (Å²) in [6.45, 7) is 12.4. The molecule has 0 saturated heterocycles. The van der Waals surface area contributed by atoms with Crippen LogP contribution < -0.4 is 10.1 Å². The van der Waals surface area contributed by atoms with E-state index in [2.05, 4.69) is 5.32 Å². The van der Waals surface area contributed by atoms with Crippen LogP contribution in [0.2, 0.25) is 5.02 Å². The maximum atomic E-state index is 13.7. The molecule has 30 heavy (non-hydrogen) atoms. The minimum absolute atomic E-state index is 0.0592. The lowest BCUT2D eigenvalue weighted by molar-refractivity contribution is -0.156. The van der Waals surface area contributed by atoms with E-state index in [4.69, 9.17) is 25.8 Å². The fraction of sp³-hybridized carbons (Fsp3) is 0.636. The van der Waals surface area contributed by atoms with Crippen LogP contribution in [0, 0.1) is 11.7 Å². The Hall–Kier alpha value is -2.02. The standard InChI is InChI=1S/C22H33ClFNO5/c1-8-15(9-2)19(29-18-11-16(23)10-17(24)12-18)14(4)28-20(26)13(3)25-21(27)30-22(5,6)7/h10-15,19H,8-9H2,1-7H3,(H,25,27)/t13-,14-,19-/m0/s1. The van der Waals surface area contributed by atoms with E-state index in [1.807, 2.05) is 13.8 Å². The summed E-state index contributed by atoms with van der Waals surface area (Å²) >= 11 is 5.92. The van der Waals surface area contributed by atoms with E-state index in [1.54, 1.807) is 27.7 Å². The molecule has 0 fully saturated rings. The molecule has 0 spiro atoms. The maximum Gasteiger partial charge on any atom is 0.408 e. The largest absolute Gasteiger partial charge is 0.486 e. The van der Waals surface area contributed by atoms with Gasteiger partial charge in [-0.25, -0.2) is 14.0 Å². The number of carbonyl (C=O) groups excluding carboxylic acids is 2. The predicted molar refractivity (Wildman–Crippen MR) is 114 cm³/mol. The molecule has 0 saturated carbocycles. The minimum Gasteiger partial charge on any atom is -0.486 e. The summed E-state index contributed by atoms with van der Waals surface area (Å²) in [5.41, 5.74) is -0.679. The first-order valence-electron chi connectivity index (χ1n) is 10.2. The van der Waals surface area contributed by atoms with Crippen LogP contribution in [0.1, 0.15) is 61.3 Å². The average molecular weight is 446 g/mol. The van der Waals surface area contributed by atoms with Crippen molar-refractivity contribution in [2.75, 3.05) is 0 Å². The second-order valence-corrected chi connectivity index (χ2v) is 8.71. The fourth-order valence-corrected chi connectivity index (χ4v) is 3.19. The van der Waals surface area contributed by atoms with Crippen molar-refractivity contribution in [3.05, 3.63) is 29.0 Å². The van der Waals surface area contributed by atoms with Gasteiger partial charge in [0, 0.05) is 11.1 Å². The minimum atomic E-state index is -0.909. The summed E-state index contributed by atoms with van der Waals surface area (Å²) in [5.74, 6) is -0.811. The van der Waals surface area contributed by atoms with Gasteiger partial charge in [-0.3, -0.25) is 0 Å². The van der Waals surface area contributed by atoms with Gasteiger partial charge in [0.15, 0.2) is 0 Å². The molecule has 0 unspecified atom stereocenters. The molecular formula is C22H33ClFNO5. The van der Waals surface area contributed by atoms with E-state index in [9.17, 15) is 14.0 Å². The smallest absolute Gasteiger partial charge is 0.408 e. The van der Waals surface area contributed by atoms with Crippen LogP contribution in [-0.4, -0.2) is 35.9 Å². The summed E-state index contributed by atoms with van der Waals surface area (Å²) in [7, 11) is 0. The topological polar surface area (TPSA) is 73.9 Å². The van der Waals surface area contributed by atoms with E-state index < -0.39 is 41.7 Å². The van der Waals surface area contributed by atoms with E-state index in [0.29, 0.717) is 0 Å². The highest BCUT2D eigenvalue weighted by Crippen LogP contribution is 2.27. The third-order valence-electron chi connectivity index (χ3n) is 4.47. The third kappa shape index (κ3) is 8.78. The molecule has 6 nitrogen and oxygen atoms in total. The normalized spacial score (nSPS) is 14.6. The molecule has 0 heterocycles. The van der Waals surface area contributed by atoms with Gasteiger partial charge >= 0.3 is 12.1 Å². The number of nitrogens with one attached hydrogen (secondary N) is 1. The number of ether oxygens (including phenoxy) is 3. The number of hydrogen-bond donors (Lipinski definition) is 1. The van der Waals surface area contributed by atoms with Crippen LogP contribution in [0.4, 0.5) is 9.18 Å². The van der Waals surface area contributed by atoms with Crippen molar-refractivity contribution < 1.29 is 28.2 Å². The molecule has 8 heteroatoms. The van der Waals surface area contributed by atoms with Crippen LogP contribution in [0.5, 0.6) is 5.75 Å². The molecule has 0 aliphatic carbocycles. The second-order valence-electron chi connectivity index (χ2n) is 8.27. The molecule has 1 aromatic carbocycles. The summed E-state index contributed by atoms with van der Waals surface area (Å²) in [6, 6.07) is 3.03. The zero-order valence-corrected chi connectivity index (χ0v) is 19.5. The van der Waals surface area contributed by atoms with Gasteiger partial charge in [-0.2, -0.15) is 0 Å². The van der Waals surface area contributed by atoms with Crippen molar-refractivity contribution in [1.82, 2.24) is 5.32 Å². The number of alkyl carbamates (subject to hydrolysis) is 1. The molecule has 1 N–H and O–H groups in total. The van der Waals surface area contributed by atoms with Gasteiger partial charge in [-0.05, 0) is 65.5 Å². The Kier molecular flexibility index (Phi) is 9.88. The van der Waals surface area contributed by atoms with Gasteiger partial charge < -0.3 is 19.5 Å². The van der Waals surface area contributed by atoms with Crippen molar-refractivity contribution >= 4 is 23.7 Å². The SMILES string of the molecule is CCC(CC)[C@@H](Oc1cc(F)cc(Cl)c1)[C@H](C)OC(=O)[C@H](C)NC(=O)OC(C)(C)C. The summed E-state index contributed by atoms with van der Waals surface area (Å²) in [6.07, 6.45) is -0.319. The lowest BCUT2D eigenvalue weighted by Gasteiger charge is -2.31. The monoisotopic (exact) mass is 445 g/mol. The van der Waals surface area contributed by atoms with Gasteiger partial charge in [0.25, 0.3) is 0 Å². The van der Waals surface area contributed by atoms with E-state index in [1.165, 1.54) is 25.1 Å². The van der Waals surface area contributed by atoms with Gasteiger partial charge in [-0.15, -0.1) is 0 Å². The van der Waals surface area contributed by atoms with Gasteiger partial charge in [0.1, 0.15) is 35.4 Å². The van der Waals surface area contributed by atoms with Gasteiger partial charge in [0.05, 0.1) is 0 Å². The number of esters is 1. The molecule has 1 rings (SSSR count). The summed E-state index contributed by atoms with van der Waals surface area (Å²) in [5, 5.41) is 2.67. The van der Waals surface area contributed by atoms with Crippen molar-refractivity contribution in [2.45, 2.75) is 85.2 Å². The highest BCUT2D eigenvalue weighted by Gasteiger charge is 2.31. The van der Waals surface area contributed by atoms with Crippen LogP contribution in [0.15, 0.2) is 18.2 Å². The molecule has 0 aromatic heterocycles. The fourth-order valence-electron chi connectivity index (χ4n) is 2.98. The van der Waals surface area contributed by atoms with E-state index in [0.717, 1.165) is 12.8 Å². The Bertz CT molecular complexity index is 698. The van der Waals surface area contributed by atoms with Crippen LogP contribution in [-0.2, 0) is 14.3 Å². The molecule has 0 radical (unpaired) electrons. The zero-order valence-electron chi connectivity index (χ0n) is 18.8. The Labute approximate surface area is 183 Å². The van der Waals surface area contributed by atoms with Crippen molar-refractivity contribution in [3.63, 3.8) is 0 Å². The van der Waals surface area contributed by atoms with Crippen LogP contribution in [0.25, 0.3) is 0 Å².